The lowest BCUT2D eigenvalue weighted by Crippen LogP contribution is -2.66. The van der Waals surface area contributed by atoms with Crippen LogP contribution in [0.15, 0.2) is 23.4 Å². The van der Waals surface area contributed by atoms with Crippen LogP contribution < -0.4 is 5.73 Å². The van der Waals surface area contributed by atoms with Crippen LogP contribution in [0.1, 0.15) is 43.0 Å². The topological polar surface area (TPSA) is 88.2 Å². The molecule has 7 nitrogen and oxygen atoms in total. The van der Waals surface area contributed by atoms with E-state index < -0.39 is 11.9 Å². The first kappa shape index (κ1) is 17.8. The molecule has 8 heteroatoms. The summed E-state index contributed by atoms with van der Waals surface area (Å²) in [6.45, 7) is 2.83. The zero-order valence-corrected chi connectivity index (χ0v) is 15.2. The SMILES string of the molecule is CCC1=NOC(C(=O)N2CC3CCC2CN3C(=O)c2cc(N)ccc2F)C1. The fourth-order valence-corrected chi connectivity index (χ4v) is 4.16. The highest BCUT2D eigenvalue weighted by molar-refractivity contribution is 5.96. The first-order valence-corrected chi connectivity index (χ1v) is 9.36. The number of carbonyl (C=O) groups excluding carboxylic acids is 2. The number of oxime groups is 1. The van der Waals surface area contributed by atoms with E-state index in [0.29, 0.717) is 25.2 Å². The zero-order valence-electron chi connectivity index (χ0n) is 15.2. The highest BCUT2D eigenvalue weighted by atomic mass is 19.1. The van der Waals surface area contributed by atoms with Gasteiger partial charge in [0.15, 0.2) is 0 Å². The van der Waals surface area contributed by atoms with Crippen molar-refractivity contribution in [3.05, 3.63) is 29.6 Å². The van der Waals surface area contributed by atoms with Crippen molar-refractivity contribution in [2.24, 2.45) is 5.16 Å². The van der Waals surface area contributed by atoms with E-state index in [9.17, 15) is 14.0 Å². The predicted molar refractivity (Wildman–Crippen MR) is 97.6 cm³/mol. The van der Waals surface area contributed by atoms with Gasteiger partial charge in [-0.1, -0.05) is 12.1 Å². The van der Waals surface area contributed by atoms with Crippen molar-refractivity contribution in [3.8, 4) is 0 Å². The third kappa shape index (κ3) is 3.13. The summed E-state index contributed by atoms with van der Waals surface area (Å²) in [6, 6.07) is 3.82. The van der Waals surface area contributed by atoms with Crippen LogP contribution in [0, 0.1) is 5.82 Å². The lowest BCUT2D eigenvalue weighted by atomic mass is 9.89. The Balaban J connectivity index is 1.47. The molecule has 2 amide bonds. The van der Waals surface area contributed by atoms with Crippen molar-refractivity contribution in [1.82, 2.24) is 9.80 Å². The summed E-state index contributed by atoms with van der Waals surface area (Å²) >= 11 is 0. The fourth-order valence-electron chi connectivity index (χ4n) is 4.16. The monoisotopic (exact) mass is 374 g/mol. The average Bonchev–Trinajstić information content (AvgIpc) is 3.18. The lowest BCUT2D eigenvalue weighted by molar-refractivity contribution is -0.151. The van der Waals surface area contributed by atoms with E-state index in [-0.39, 0.29) is 29.5 Å². The Bertz CT molecular complexity index is 812. The number of nitrogens with two attached hydrogens (primary N) is 1. The number of hydrogen-bond donors (Lipinski definition) is 1. The molecule has 0 aliphatic carbocycles. The number of halogens is 1. The smallest absolute Gasteiger partial charge is 0.267 e. The maximum absolute atomic E-state index is 14.1. The van der Waals surface area contributed by atoms with Crippen LogP contribution in [0.5, 0.6) is 0 Å². The summed E-state index contributed by atoms with van der Waals surface area (Å²) in [6.07, 6.45) is 2.36. The van der Waals surface area contributed by atoms with Crippen molar-refractivity contribution >= 4 is 23.2 Å². The first-order chi connectivity index (χ1) is 13.0. The largest absolute Gasteiger partial charge is 0.399 e. The van der Waals surface area contributed by atoms with Crippen molar-refractivity contribution in [2.45, 2.75) is 50.8 Å². The molecule has 1 aromatic rings. The Labute approximate surface area is 156 Å². The number of amides is 2. The summed E-state index contributed by atoms with van der Waals surface area (Å²) < 4.78 is 14.1. The molecule has 4 aliphatic rings. The zero-order chi connectivity index (χ0) is 19.1. The minimum atomic E-state index is -0.577. The standard InChI is InChI=1S/C19H23FN4O3/c1-2-12-8-17(27-22-12)19(26)24-10-13-4-5-14(24)9-23(13)18(25)15-7-11(21)3-6-16(15)20/h3,6-7,13-14,17H,2,4-5,8-10,21H2,1H3. The van der Waals surface area contributed by atoms with Crippen LogP contribution in [0.4, 0.5) is 10.1 Å². The van der Waals surface area contributed by atoms with Crippen LogP contribution in [0.2, 0.25) is 0 Å². The van der Waals surface area contributed by atoms with Crippen LogP contribution in [-0.4, -0.2) is 58.6 Å². The minimum absolute atomic E-state index is 0.0134. The second kappa shape index (κ2) is 6.83. The van der Waals surface area contributed by atoms with Gasteiger partial charge in [-0.3, -0.25) is 9.59 Å². The number of rotatable bonds is 3. The Morgan fingerprint density at radius 3 is 2.59 bits per heavy atom. The van der Waals surface area contributed by atoms with Gasteiger partial charge in [0.1, 0.15) is 5.82 Å². The van der Waals surface area contributed by atoms with Crippen molar-refractivity contribution < 1.29 is 18.8 Å². The Morgan fingerprint density at radius 1 is 1.26 bits per heavy atom. The fraction of sp³-hybridized carbons (Fsp3) is 0.526. The molecule has 2 N–H and O–H groups in total. The van der Waals surface area contributed by atoms with Crippen molar-refractivity contribution in [1.29, 1.82) is 0 Å². The molecule has 144 valence electrons. The second-order valence-electron chi connectivity index (χ2n) is 7.38. The van der Waals surface area contributed by atoms with Gasteiger partial charge in [-0.05, 0) is 37.5 Å². The maximum atomic E-state index is 14.1. The molecule has 4 heterocycles. The number of nitrogen functional groups attached to an aromatic ring is 1. The average molecular weight is 374 g/mol. The van der Waals surface area contributed by atoms with E-state index in [1.165, 1.54) is 18.2 Å². The molecule has 3 atom stereocenters. The van der Waals surface area contributed by atoms with E-state index in [1.807, 2.05) is 11.8 Å². The van der Waals surface area contributed by atoms with Crippen LogP contribution in [-0.2, 0) is 9.63 Å². The highest BCUT2D eigenvalue weighted by Gasteiger charge is 2.45. The molecule has 4 aliphatic heterocycles. The molecule has 27 heavy (non-hydrogen) atoms. The van der Waals surface area contributed by atoms with Gasteiger partial charge in [-0.2, -0.15) is 0 Å². The van der Waals surface area contributed by atoms with Gasteiger partial charge >= 0.3 is 0 Å². The number of benzene rings is 1. The van der Waals surface area contributed by atoms with E-state index in [1.54, 1.807) is 4.90 Å². The summed E-state index contributed by atoms with van der Waals surface area (Å²) in [5, 5.41) is 3.97. The summed E-state index contributed by atoms with van der Waals surface area (Å²) in [5.41, 5.74) is 6.94. The molecule has 3 saturated heterocycles. The molecule has 3 fully saturated rings. The van der Waals surface area contributed by atoms with E-state index in [4.69, 9.17) is 10.6 Å². The molecule has 0 radical (unpaired) electrons. The molecular weight excluding hydrogens is 351 g/mol. The van der Waals surface area contributed by atoms with Gasteiger partial charge in [0, 0.05) is 37.3 Å². The number of anilines is 1. The van der Waals surface area contributed by atoms with Gasteiger partial charge in [0.25, 0.3) is 11.8 Å². The number of fused-ring (bicyclic) bond motifs is 3. The van der Waals surface area contributed by atoms with Gasteiger partial charge in [-0.15, -0.1) is 0 Å². The molecule has 0 spiro atoms. The van der Waals surface area contributed by atoms with Crippen LogP contribution >= 0.6 is 0 Å². The van der Waals surface area contributed by atoms with Gasteiger partial charge in [0.05, 0.1) is 11.3 Å². The molecule has 3 unspecified atom stereocenters. The molecule has 1 aromatic carbocycles. The van der Waals surface area contributed by atoms with Gasteiger partial charge in [-0.25, -0.2) is 4.39 Å². The van der Waals surface area contributed by atoms with Crippen LogP contribution in [0.25, 0.3) is 0 Å². The summed E-state index contributed by atoms with van der Waals surface area (Å²) in [4.78, 5) is 34.5. The molecular formula is C19H23FN4O3. The van der Waals surface area contributed by atoms with E-state index in [0.717, 1.165) is 25.0 Å². The highest BCUT2D eigenvalue weighted by Crippen LogP contribution is 2.32. The first-order valence-electron chi connectivity index (χ1n) is 9.36. The Hall–Kier alpha value is -2.64. The quantitative estimate of drug-likeness (QED) is 0.817. The van der Waals surface area contributed by atoms with Gasteiger partial charge < -0.3 is 20.4 Å². The summed E-state index contributed by atoms with van der Waals surface area (Å²) in [5.74, 6) is -1.01. The normalized spacial score (nSPS) is 26.7. The molecule has 5 rings (SSSR count). The number of carbonyl (C=O) groups is 2. The lowest BCUT2D eigenvalue weighted by Gasteiger charge is -2.51. The van der Waals surface area contributed by atoms with Crippen molar-refractivity contribution in [2.75, 3.05) is 18.8 Å². The molecule has 0 aromatic heterocycles. The van der Waals surface area contributed by atoms with Gasteiger partial charge in [0.2, 0.25) is 6.10 Å². The Morgan fingerprint density at radius 2 is 1.96 bits per heavy atom. The minimum Gasteiger partial charge on any atom is -0.399 e. The third-order valence-electron chi connectivity index (χ3n) is 5.71. The van der Waals surface area contributed by atoms with E-state index in [2.05, 4.69) is 5.16 Å². The second-order valence-corrected chi connectivity index (χ2v) is 7.38. The number of piperazine rings is 1. The van der Waals surface area contributed by atoms with Crippen molar-refractivity contribution in [3.63, 3.8) is 0 Å². The number of hydrogen-bond acceptors (Lipinski definition) is 5. The molecule has 2 bridgehead atoms. The number of piperidine rings is 2. The van der Waals surface area contributed by atoms with Crippen LogP contribution in [0.3, 0.4) is 0 Å². The maximum Gasteiger partial charge on any atom is 0.267 e. The summed E-state index contributed by atoms with van der Waals surface area (Å²) in [7, 11) is 0. The molecule has 0 saturated carbocycles. The predicted octanol–water partition coefficient (Wildman–Crippen LogP) is 1.78. The van der Waals surface area contributed by atoms with E-state index >= 15 is 0 Å². The number of nitrogens with zero attached hydrogens (tertiary/aromatic N) is 3. The third-order valence-corrected chi connectivity index (χ3v) is 5.71. The Kier molecular flexibility index (Phi) is 4.49.